The molecule has 134 valence electrons. The highest BCUT2D eigenvalue weighted by atomic mass is 16.1. The van der Waals surface area contributed by atoms with E-state index in [1.54, 1.807) is 6.20 Å². The third-order valence-corrected chi connectivity index (χ3v) is 4.81. The fourth-order valence-electron chi connectivity index (χ4n) is 3.36. The molecule has 0 aliphatic carbocycles. The lowest BCUT2D eigenvalue weighted by molar-refractivity contribution is -0.122. The highest BCUT2D eigenvalue weighted by Crippen LogP contribution is 2.13. The standard InChI is InChI=1S/C19H27N5O/c1-2-18-21-10-14-24(18)13-7-19(25)22-17-5-11-23(12-6-17)15-16-3-8-20-9-4-16/h3-4,8-10,14,17H,2,5-7,11-13,15H2,1H3,(H,22,25). The van der Waals surface area contributed by atoms with Crippen LogP contribution in [0.4, 0.5) is 0 Å². The predicted octanol–water partition coefficient (Wildman–Crippen LogP) is 2.01. The van der Waals surface area contributed by atoms with E-state index in [0.29, 0.717) is 19.0 Å². The number of nitrogens with one attached hydrogen (secondary N) is 1. The molecule has 0 unspecified atom stereocenters. The SMILES string of the molecule is CCc1nccn1CCC(=O)NC1CCN(Cc2ccncc2)CC1. The summed E-state index contributed by atoms with van der Waals surface area (Å²) >= 11 is 0. The Hall–Kier alpha value is -2.21. The molecule has 6 heteroatoms. The van der Waals surface area contributed by atoms with Crippen LogP contribution in [-0.2, 0) is 24.3 Å². The van der Waals surface area contributed by atoms with Crippen molar-refractivity contribution in [2.75, 3.05) is 13.1 Å². The molecule has 6 nitrogen and oxygen atoms in total. The lowest BCUT2D eigenvalue weighted by Gasteiger charge is -2.32. The van der Waals surface area contributed by atoms with E-state index in [1.165, 1.54) is 5.56 Å². The normalized spacial score (nSPS) is 16.0. The quantitative estimate of drug-likeness (QED) is 0.837. The van der Waals surface area contributed by atoms with Gasteiger partial charge in [0.2, 0.25) is 5.91 Å². The van der Waals surface area contributed by atoms with Gasteiger partial charge in [-0.2, -0.15) is 0 Å². The molecule has 1 amide bonds. The highest BCUT2D eigenvalue weighted by molar-refractivity contribution is 5.76. The molecule has 3 rings (SSSR count). The molecule has 2 aromatic rings. The molecule has 3 heterocycles. The lowest BCUT2D eigenvalue weighted by Crippen LogP contribution is -2.44. The molecule has 0 saturated carbocycles. The molecule has 2 aromatic heterocycles. The monoisotopic (exact) mass is 341 g/mol. The van der Waals surface area contributed by atoms with Gasteiger partial charge in [0.05, 0.1) is 0 Å². The Bertz CT molecular complexity index is 661. The van der Waals surface area contributed by atoms with Gasteiger partial charge in [0.25, 0.3) is 0 Å². The lowest BCUT2D eigenvalue weighted by atomic mass is 10.0. The van der Waals surface area contributed by atoms with E-state index < -0.39 is 0 Å². The van der Waals surface area contributed by atoms with E-state index in [-0.39, 0.29) is 5.91 Å². The Balaban J connectivity index is 1.37. The fourth-order valence-corrected chi connectivity index (χ4v) is 3.36. The van der Waals surface area contributed by atoms with E-state index in [1.807, 2.05) is 18.6 Å². The number of hydrogen-bond donors (Lipinski definition) is 1. The molecule has 25 heavy (non-hydrogen) atoms. The van der Waals surface area contributed by atoms with Crippen LogP contribution in [0.5, 0.6) is 0 Å². The number of carbonyl (C=O) groups is 1. The predicted molar refractivity (Wildman–Crippen MR) is 96.9 cm³/mol. The number of carbonyl (C=O) groups excluding carboxylic acids is 1. The average Bonchev–Trinajstić information content (AvgIpc) is 3.10. The second-order valence-corrected chi connectivity index (χ2v) is 6.61. The van der Waals surface area contributed by atoms with Crippen molar-refractivity contribution >= 4 is 5.91 Å². The van der Waals surface area contributed by atoms with Crippen LogP contribution in [0, 0.1) is 0 Å². The third kappa shape index (κ3) is 5.13. The first-order chi connectivity index (χ1) is 12.2. The Kier molecular flexibility index (Phi) is 6.17. The molecular weight excluding hydrogens is 314 g/mol. The van der Waals surface area contributed by atoms with Gasteiger partial charge in [0, 0.05) is 69.8 Å². The number of imidazole rings is 1. The number of hydrogen-bond acceptors (Lipinski definition) is 4. The van der Waals surface area contributed by atoms with Crippen LogP contribution in [0.25, 0.3) is 0 Å². The van der Waals surface area contributed by atoms with Crippen LogP contribution in [0.1, 0.15) is 37.6 Å². The van der Waals surface area contributed by atoms with Crippen molar-refractivity contribution in [1.29, 1.82) is 0 Å². The van der Waals surface area contributed by atoms with Gasteiger partial charge in [0.15, 0.2) is 0 Å². The molecule has 0 atom stereocenters. The molecule has 1 N–H and O–H groups in total. The van der Waals surface area contributed by atoms with E-state index in [9.17, 15) is 4.79 Å². The van der Waals surface area contributed by atoms with Crippen molar-refractivity contribution in [2.45, 2.75) is 51.7 Å². The Morgan fingerprint density at radius 2 is 2.00 bits per heavy atom. The minimum atomic E-state index is 0.142. The summed E-state index contributed by atoms with van der Waals surface area (Å²) in [4.78, 5) is 23.0. The highest BCUT2D eigenvalue weighted by Gasteiger charge is 2.20. The number of aromatic nitrogens is 3. The summed E-state index contributed by atoms with van der Waals surface area (Å²) in [5.74, 6) is 1.18. The van der Waals surface area contributed by atoms with E-state index in [2.05, 4.69) is 43.8 Å². The summed E-state index contributed by atoms with van der Waals surface area (Å²) in [5.41, 5.74) is 1.30. The minimum Gasteiger partial charge on any atom is -0.353 e. The van der Waals surface area contributed by atoms with Crippen molar-refractivity contribution < 1.29 is 4.79 Å². The van der Waals surface area contributed by atoms with Crippen molar-refractivity contribution in [2.24, 2.45) is 0 Å². The molecule has 1 aliphatic rings. The summed E-state index contributed by atoms with van der Waals surface area (Å²) < 4.78 is 2.07. The van der Waals surface area contributed by atoms with Gasteiger partial charge in [0.1, 0.15) is 5.82 Å². The van der Waals surface area contributed by atoms with Crippen LogP contribution in [0.2, 0.25) is 0 Å². The summed E-state index contributed by atoms with van der Waals surface area (Å²) in [5, 5.41) is 3.19. The third-order valence-electron chi connectivity index (χ3n) is 4.81. The first kappa shape index (κ1) is 17.6. The number of piperidine rings is 1. The van der Waals surface area contributed by atoms with E-state index in [4.69, 9.17) is 0 Å². The molecule has 1 aliphatic heterocycles. The summed E-state index contributed by atoms with van der Waals surface area (Å²) in [6, 6.07) is 4.43. The van der Waals surface area contributed by atoms with Crippen LogP contribution < -0.4 is 5.32 Å². The van der Waals surface area contributed by atoms with E-state index >= 15 is 0 Å². The zero-order valence-corrected chi connectivity index (χ0v) is 14.9. The Morgan fingerprint density at radius 3 is 2.72 bits per heavy atom. The second kappa shape index (κ2) is 8.76. The van der Waals surface area contributed by atoms with Crippen LogP contribution in [0.3, 0.4) is 0 Å². The Morgan fingerprint density at radius 1 is 1.24 bits per heavy atom. The van der Waals surface area contributed by atoms with Gasteiger partial charge in [-0.1, -0.05) is 6.92 Å². The Labute approximate surface area is 149 Å². The number of rotatable bonds is 7. The summed E-state index contributed by atoms with van der Waals surface area (Å²) in [6.07, 6.45) is 10.9. The first-order valence-corrected chi connectivity index (χ1v) is 9.15. The zero-order chi connectivity index (χ0) is 17.5. The second-order valence-electron chi connectivity index (χ2n) is 6.61. The maximum Gasteiger partial charge on any atom is 0.222 e. The first-order valence-electron chi connectivity index (χ1n) is 9.15. The van der Waals surface area contributed by atoms with Crippen molar-refractivity contribution in [1.82, 2.24) is 24.8 Å². The molecule has 0 aromatic carbocycles. The number of aryl methyl sites for hydroxylation is 2. The minimum absolute atomic E-state index is 0.142. The van der Waals surface area contributed by atoms with Crippen molar-refractivity contribution in [3.05, 3.63) is 48.3 Å². The number of amides is 1. The van der Waals surface area contributed by atoms with Gasteiger partial charge in [-0.15, -0.1) is 0 Å². The fraction of sp³-hybridized carbons (Fsp3) is 0.526. The summed E-state index contributed by atoms with van der Waals surface area (Å²) in [7, 11) is 0. The molecule has 0 radical (unpaired) electrons. The van der Waals surface area contributed by atoms with Crippen LogP contribution >= 0.6 is 0 Å². The van der Waals surface area contributed by atoms with Gasteiger partial charge in [-0.25, -0.2) is 4.98 Å². The molecule has 1 saturated heterocycles. The molecule has 0 bridgehead atoms. The maximum absolute atomic E-state index is 12.2. The van der Waals surface area contributed by atoms with E-state index in [0.717, 1.165) is 44.7 Å². The smallest absolute Gasteiger partial charge is 0.222 e. The van der Waals surface area contributed by atoms with Gasteiger partial charge >= 0.3 is 0 Å². The van der Waals surface area contributed by atoms with Crippen LogP contribution in [0.15, 0.2) is 36.9 Å². The number of nitrogens with zero attached hydrogens (tertiary/aromatic N) is 4. The zero-order valence-electron chi connectivity index (χ0n) is 14.9. The van der Waals surface area contributed by atoms with Gasteiger partial charge < -0.3 is 9.88 Å². The van der Waals surface area contributed by atoms with Crippen LogP contribution in [-0.4, -0.2) is 44.5 Å². The topological polar surface area (TPSA) is 63.1 Å². The molecular formula is C19H27N5O. The summed E-state index contributed by atoms with van der Waals surface area (Å²) in [6.45, 7) is 5.79. The largest absolute Gasteiger partial charge is 0.353 e. The molecule has 1 fully saturated rings. The van der Waals surface area contributed by atoms with Crippen molar-refractivity contribution in [3.8, 4) is 0 Å². The number of likely N-dealkylation sites (tertiary alicyclic amines) is 1. The average molecular weight is 341 g/mol. The van der Waals surface area contributed by atoms with Crippen molar-refractivity contribution in [3.63, 3.8) is 0 Å². The van der Waals surface area contributed by atoms with Gasteiger partial charge in [-0.05, 0) is 30.5 Å². The number of pyridine rings is 1. The van der Waals surface area contributed by atoms with Gasteiger partial charge in [-0.3, -0.25) is 14.7 Å². The maximum atomic E-state index is 12.2. The molecule has 0 spiro atoms.